The fourth-order valence-electron chi connectivity index (χ4n) is 4.28. The lowest BCUT2D eigenvalue weighted by atomic mass is 9.95. The molecule has 0 fully saturated rings. The molecule has 3 amide bonds. The van der Waals surface area contributed by atoms with Crippen LogP contribution in [0.4, 0.5) is 4.79 Å². The maximum Gasteiger partial charge on any atom is 0.338 e. The molecule has 0 radical (unpaired) electrons. The first-order chi connectivity index (χ1) is 21.2. The Kier molecular flexibility index (Phi) is 11.8. The van der Waals surface area contributed by atoms with Crippen LogP contribution >= 0.6 is 45.2 Å². The third-order valence-electron chi connectivity index (χ3n) is 6.29. The van der Waals surface area contributed by atoms with Crippen LogP contribution in [0.2, 0.25) is 0 Å². The maximum atomic E-state index is 12.6. The van der Waals surface area contributed by atoms with E-state index in [0.717, 1.165) is 24.0 Å². The number of rotatable bonds is 12. The van der Waals surface area contributed by atoms with Crippen LogP contribution in [0.3, 0.4) is 0 Å². The molecular weight excluding hydrogens is 794 g/mol. The molecule has 0 saturated heterocycles. The van der Waals surface area contributed by atoms with Crippen molar-refractivity contribution >= 4 is 69.3 Å². The molecule has 0 unspecified atom stereocenters. The first-order valence-electron chi connectivity index (χ1n) is 13.4. The molecule has 1 aliphatic heterocycles. The molecule has 1 aliphatic rings. The van der Waals surface area contributed by atoms with Crippen molar-refractivity contribution in [1.29, 1.82) is 0 Å². The van der Waals surface area contributed by atoms with E-state index in [9.17, 15) is 14.4 Å². The number of esters is 1. The molecule has 3 aromatic rings. The van der Waals surface area contributed by atoms with Crippen LogP contribution in [-0.4, -0.2) is 44.4 Å². The molecule has 3 aromatic carbocycles. The molecule has 44 heavy (non-hydrogen) atoms. The van der Waals surface area contributed by atoms with Gasteiger partial charge in [0, 0.05) is 5.70 Å². The van der Waals surface area contributed by atoms with Crippen LogP contribution < -0.4 is 30.3 Å². The van der Waals surface area contributed by atoms with Gasteiger partial charge in [-0.15, -0.1) is 0 Å². The van der Waals surface area contributed by atoms with Gasteiger partial charge < -0.3 is 29.6 Å². The first-order valence-corrected chi connectivity index (χ1v) is 15.6. The molecule has 0 aromatic heterocycles. The molecule has 0 spiro atoms. The van der Waals surface area contributed by atoms with Crippen molar-refractivity contribution < 1.29 is 33.3 Å². The smallest absolute Gasteiger partial charge is 0.338 e. The summed E-state index contributed by atoms with van der Waals surface area (Å²) >= 11 is 4.42. The van der Waals surface area contributed by atoms with Crippen molar-refractivity contribution in [2.45, 2.75) is 26.5 Å². The minimum atomic E-state index is -0.765. The summed E-state index contributed by atoms with van der Waals surface area (Å²) in [5, 5.41) is 9.39. The average molecular weight is 824 g/mol. The molecule has 0 aliphatic carbocycles. The van der Waals surface area contributed by atoms with Gasteiger partial charge in [0.05, 0.1) is 38.7 Å². The van der Waals surface area contributed by atoms with Gasteiger partial charge in [-0.1, -0.05) is 36.4 Å². The van der Waals surface area contributed by atoms with Crippen LogP contribution in [0.5, 0.6) is 17.2 Å². The predicted octanol–water partition coefficient (Wildman–Crippen LogP) is 5.20. The van der Waals surface area contributed by atoms with Gasteiger partial charge in [-0.3, -0.25) is 4.79 Å². The number of nitrogens with zero attached hydrogens (tertiary/aromatic N) is 1. The number of carbonyl (C=O) groups is 3. The molecule has 3 N–H and O–H groups in total. The SMILES string of the molecule is CCOC(=O)C1=C(C)NC(=O)N[C@H]1c1ccc(OCC(=O)N/N=C\c2cc(I)c(OCc3ccccc3)c(I)c2)c(OC)c1. The highest BCUT2D eigenvalue weighted by Gasteiger charge is 2.32. The molecule has 1 atom stereocenters. The molecule has 1 heterocycles. The van der Waals surface area contributed by atoms with Crippen LogP contribution in [0.1, 0.15) is 36.6 Å². The van der Waals surface area contributed by atoms with E-state index in [0.29, 0.717) is 29.4 Å². The van der Waals surface area contributed by atoms with Gasteiger partial charge in [-0.25, -0.2) is 15.0 Å². The average Bonchev–Trinajstić information content (AvgIpc) is 2.99. The van der Waals surface area contributed by atoms with E-state index in [2.05, 4.69) is 66.3 Å². The number of hydrogen-bond acceptors (Lipinski definition) is 8. The van der Waals surface area contributed by atoms with E-state index in [1.165, 1.54) is 7.11 Å². The Hall–Kier alpha value is -3.86. The van der Waals surface area contributed by atoms with E-state index >= 15 is 0 Å². The third-order valence-corrected chi connectivity index (χ3v) is 7.90. The van der Waals surface area contributed by atoms with E-state index in [1.54, 1.807) is 38.3 Å². The first kappa shape index (κ1) is 33.0. The fraction of sp³-hybridized carbons (Fsp3) is 0.226. The summed E-state index contributed by atoms with van der Waals surface area (Å²) in [7, 11) is 1.45. The number of benzene rings is 3. The summed E-state index contributed by atoms with van der Waals surface area (Å²) in [6.45, 7) is 3.66. The summed E-state index contributed by atoms with van der Waals surface area (Å²) in [6.07, 6.45) is 1.54. The normalized spacial score (nSPS) is 14.5. The largest absolute Gasteiger partial charge is 0.493 e. The number of amides is 3. The van der Waals surface area contributed by atoms with Gasteiger partial charge in [0.15, 0.2) is 18.1 Å². The van der Waals surface area contributed by atoms with E-state index < -0.39 is 23.9 Å². The lowest BCUT2D eigenvalue weighted by molar-refractivity contribution is -0.139. The summed E-state index contributed by atoms with van der Waals surface area (Å²) in [4.78, 5) is 37.2. The second-order valence-electron chi connectivity index (χ2n) is 9.37. The predicted molar refractivity (Wildman–Crippen MR) is 181 cm³/mol. The van der Waals surface area contributed by atoms with E-state index in [1.807, 2.05) is 42.5 Å². The Labute approximate surface area is 282 Å². The monoisotopic (exact) mass is 824 g/mol. The second kappa shape index (κ2) is 15.7. The Bertz CT molecular complexity index is 1570. The van der Waals surface area contributed by atoms with Gasteiger partial charge in [0.25, 0.3) is 5.91 Å². The van der Waals surface area contributed by atoms with Crippen LogP contribution in [-0.2, 0) is 20.9 Å². The van der Waals surface area contributed by atoms with Crippen molar-refractivity contribution in [3.63, 3.8) is 0 Å². The zero-order chi connectivity index (χ0) is 31.6. The Morgan fingerprint density at radius 2 is 1.75 bits per heavy atom. The van der Waals surface area contributed by atoms with Gasteiger partial charge in [0.1, 0.15) is 12.4 Å². The molecule has 0 bridgehead atoms. The quantitative estimate of drug-likeness (QED) is 0.0989. The van der Waals surface area contributed by atoms with Crippen molar-refractivity contribution in [2.75, 3.05) is 20.3 Å². The zero-order valence-corrected chi connectivity index (χ0v) is 28.4. The van der Waals surface area contributed by atoms with Gasteiger partial charge in [-0.05, 0) is 100.0 Å². The number of ether oxygens (including phenoxy) is 4. The topological polar surface area (TPSA) is 137 Å². The Morgan fingerprint density at radius 1 is 1.02 bits per heavy atom. The lowest BCUT2D eigenvalue weighted by Gasteiger charge is -2.28. The van der Waals surface area contributed by atoms with Gasteiger partial charge >= 0.3 is 12.0 Å². The molecule has 0 saturated carbocycles. The minimum absolute atomic E-state index is 0.188. The Morgan fingerprint density at radius 3 is 2.43 bits per heavy atom. The molecular formula is C31H30I2N4O7. The van der Waals surface area contributed by atoms with Crippen LogP contribution in [0.15, 0.2) is 77.0 Å². The van der Waals surface area contributed by atoms with Crippen LogP contribution in [0.25, 0.3) is 0 Å². The van der Waals surface area contributed by atoms with Gasteiger partial charge in [-0.2, -0.15) is 5.10 Å². The minimum Gasteiger partial charge on any atom is -0.493 e. The van der Waals surface area contributed by atoms with Crippen molar-refractivity contribution in [3.8, 4) is 17.2 Å². The number of hydrazone groups is 1. The summed E-state index contributed by atoms with van der Waals surface area (Å²) in [5.41, 5.74) is 5.57. The van der Waals surface area contributed by atoms with Crippen molar-refractivity contribution in [2.24, 2.45) is 5.10 Å². The summed E-state index contributed by atoms with van der Waals surface area (Å²) in [5.74, 6) is 0.370. The number of allylic oxidation sites excluding steroid dienone is 1. The number of hydrogen-bond donors (Lipinski definition) is 3. The van der Waals surface area contributed by atoms with Crippen molar-refractivity contribution in [1.82, 2.24) is 16.1 Å². The highest BCUT2D eigenvalue weighted by molar-refractivity contribution is 14.1. The van der Waals surface area contributed by atoms with Crippen LogP contribution in [0, 0.1) is 7.14 Å². The summed E-state index contributed by atoms with van der Waals surface area (Å²) < 4.78 is 24.2. The summed E-state index contributed by atoms with van der Waals surface area (Å²) in [6, 6.07) is 17.4. The Balaban J connectivity index is 1.36. The fourth-order valence-corrected chi connectivity index (χ4v) is 6.41. The van der Waals surface area contributed by atoms with Gasteiger partial charge in [0.2, 0.25) is 0 Å². The third kappa shape index (κ3) is 8.62. The highest BCUT2D eigenvalue weighted by Crippen LogP contribution is 2.35. The second-order valence-corrected chi connectivity index (χ2v) is 11.7. The number of methoxy groups -OCH3 is 1. The number of carbonyl (C=O) groups excluding carboxylic acids is 3. The van der Waals surface area contributed by atoms with E-state index in [4.69, 9.17) is 18.9 Å². The molecule has 11 nitrogen and oxygen atoms in total. The zero-order valence-electron chi connectivity index (χ0n) is 24.1. The number of urea groups is 1. The molecule has 4 rings (SSSR count). The molecule has 230 valence electrons. The lowest BCUT2D eigenvalue weighted by Crippen LogP contribution is -2.45. The number of halogens is 2. The van der Waals surface area contributed by atoms with E-state index in [-0.39, 0.29) is 18.8 Å². The van der Waals surface area contributed by atoms with Crippen molar-refractivity contribution in [3.05, 3.63) is 95.8 Å². The highest BCUT2D eigenvalue weighted by atomic mass is 127. The maximum absolute atomic E-state index is 12.6. The number of nitrogens with one attached hydrogen (secondary N) is 3. The standard InChI is InChI=1S/C31H30I2N4O7/c1-4-42-30(39)27-18(2)35-31(40)36-28(27)21-10-11-24(25(14-21)41-3)43-17-26(38)37-34-15-20-12-22(32)29(23(33)13-20)44-16-19-8-6-5-7-9-19/h5-15,28H,4,16-17H2,1-3H3,(H,37,38)(H2,35,36,40)/b34-15-/t28-/m0/s1. The molecule has 13 heteroatoms.